The first kappa shape index (κ1) is 27.9. The SMILES string of the molecule is CN(C(=O)c1cc(=O)[nH]o1)C(C(=O)Nc1ccc(S(C)(C)C)c(F)c1)c1ccc(OCCC(F)F)cc1. The Kier molecular flexibility index (Phi) is 8.74. The van der Waals surface area contributed by atoms with Crippen molar-refractivity contribution in [3.63, 3.8) is 0 Å². The van der Waals surface area contributed by atoms with E-state index in [4.69, 9.17) is 9.26 Å². The van der Waals surface area contributed by atoms with Gasteiger partial charge in [-0.25, -0.2) is 23.2 Å². The highest BCUT2D eigenvalue weighted by Crippen LogP contribution is 2.46. The number of aromatic amines is 1. The molecule has 2 amide bonds. The molecule has 3 rings (SSSR count). The maximum atomic E-state index is 14.7. The van der Waals surface area contributed by atoms with E-state index in [2.05, 4.69) is 5.32 Å². The summed E-state index contributed by atoms with van der Waals surface area (Å²) in [5.41, 5.74) is -0.0795. The summed E-state index contributed by atoms with van der Waals surface area (Å²) in [7, 11) is 0.00645. The normalized spacial score (nSPS) is 12.8. The Morgan fingerprint density at radius 2 is 1.78 bits per heavy atom. The van der Waals surface area contributed by atoms with Gasteiger partial charge in [-0.1, -0.05) is 12.1 Å². The van der Waals surface area contributed by atoms with E-state index in [1.807, 2.05) is 23.9 Å². The van der Waals surface area contributed by atoms with Crippen molar-refractivity contribution in [3.05, 3.63) is 76.0 Å². The van der Waals surface area contributed by atoms with E-state index in [0.29, 0.717) is 16.2 Å². The molecule has 200 valence electrons. The van der Waals surface area contributed by atoms with E-state index in [1.54, 1.807) is 12.1 Å². The van der Waals surface area contributed by atoms with Crippen LogP contribution in [-0.4, -0.2) is 60.7 Å². The van der Waals surface area contributed by atoms with Gasteiger partial charge >= 0.3 is 0 Å². The Morgan fingerprint density at radius 1 is 1.11 bits per heavy atom. The number of hydrogen-bond donors (Lipinski definition) is 2. The number of alkyl halides is 2. The standard InChI is InChI=1S/C25H28F3N3O5S/c1-31(25(34)19-14-22(32)30-36-19)23(15-5-8-17(9-6-15)35-12-11-21(27)28)24(33)29-16-7-10-20(18(26)13-16)37(2,3)4/h5-10,13-14,21,23H,11-12H2,1-4H3,(H,29,33)(H,30,32). The van der Waals surface area contributed by atoms with Crippen LogP contribution in [0.5, 0.6) is 5.75 Å². The Hall–Kier alpha value is -3.67. The lowest BCUT2D eigenvalue weighted by Gasteiger charge is -2.28. The van der Waals surface area contributed by atoms with Crippen LogP contribution < -0.4 is 15.6 Å². The second-order valence-electron chi connectivity index (χ2n) is 8.96. The summed E-state index contributed by atoms with van der Waals surface area (Å²) in [5.74, 6) is -1.87. The molecule has 8 nitrogen and oxygen atoms in total. The Bertz CT molecular complexity index is 1300. The van der Waals surface area contributed by atoms with Crippen molar-refractivity contribution < 1.29 is 32.0 Å². The second kappa shape index (κ2) is 11.6. The van der Waals surface area contributed by atoms with Crippen LogP contribution in [-0.2, 0) is 4.79 Å². The average molecular weight is 540 g/mol. The van der Waals surface area contributed by atoms with E-state index >= 15 is 0 Å². The minimum Gasteiger partial charge on any atom is -0.493 e. The molecule has 0 spiro atoms. The van der Waals surface area contributed by atoms with Crippen LogP contribution in [0.4, 0.5) is 18.9 Å². The van der Waals surface area contributed by atoms with E-state index in [9.17, 15) is 27.6 Å². The zero-order valence-corrected chi connectivity index (χ0v) is 21.5. The van der Waals surface area contributed by atoms with Crippen molar-refractivity contribution in [3.8, 4) is 5.75 Å². The minimum absolute atomic E-state index is 0.191. The number of rotatable bonds is 10. The summed E-state index contributed by atoms with van der Waals surface area (Å²) in [5, 5.41) is 4.66. The summed E-state index contributed by atoms with van der Waals surface area (Å²) >= 11 is 0. The number of carbonyl (C=O) groups is 2. The number of H-pyrrole nitrogens is 1. The summed E-state index contributed by atoms with van der Waals surface area (Å²) in [6.07, 6.45) is 2.91. The van der Waals surface area contributed by atoms with Gasteiger partial charge < -0.3 is 19.5 Å². The zero-order valence-electron chi connectivity index (χ0n) is 20.7. The first-order chi connectivity index (χ1) is 17.4. The van der Waals surface area contributed by atoms with Crippen molar-refractivity contribution in [2.75, 3.05) is 37.7 Å². The van der Waals surface area contributed by atoms with Gasteiger partial charge in [-0.3, -0.25) is 14.4 Å². The predicted octanol–water partition coefficient (Wildman–Crippen LogP) is 4.65. The number of benzene rings is 2. The van der Waals surface area contributed by atoms with Gasteiger partial charge in [0.2, 0.25) is 12.2 Å². The average Bonchev–Trinajstić information content (AvgIpc) is 3.25. The molecular weight excluding hydrogens is 511 g/mol. The fourth-order valence-electron chi connectivity index (χ4n) is 3.53. The molecule has 0 saturated carbocycles. The number of anilines is 1. The van der Waals surface area contributed by atoms with Gasteiger partial charge in [0.05, 0.1) is 12.7 Å². The highest BCUT2D eigenvalue weighted by atomic mass is 32.3. The first-order valence-electron chi connectivity index (χ1n) is 11.1. The lowest BCUT2D eigenvalue weighted by atomic mass is 10.0. The molecule has 1 aromatic heterocycles. The van der Waals surface area contributed by atoms with Crippen molar-refractivity contribution in [2.45, 2.75) is 23.8 Å². The van der Waals surface area contributed by atoms with E-state index in [1.165, 1.54) is 37.4 Å². The van der Waals surface area contributed by atoms with E-state index < -0.39 is 52.1 Å². The third-order valence-electron chi connectivity index (χ3n) is 5.35. The van der Waals surface area contributed by atoms with Gasteiger partial charge in [0.1, 0.15) is 17.6 Å². The molecular formula is C25H28F3N3O5S. The van der Waals surface area contributed by atoms with Crippen LogP contribution in [0, 0.1) is 5.82 Å². The number of amides is 2. The maximum Gasteiger partial charge on any atom is 0.293 e. The second-order valence-corrected chi connectivity index (χ2v) is 13.1. The van der Waals surface area contributed by atoms with E-state index in [-0.39, 0.29) is 18.1 Å². The summed E-state index contributed by atoms with van der Waals surface area (Å²) < 4.78 is 49.6. The molecule has 0 saturated heterocycles. The Balaban J connectivity index is 1.89. The van der Waals surface area contributed by atoms with Gasteiger partial charge in [0.15, 0.2) is 0 Å². The van der Waals surface area contributed by atoms with Crippen molar-refractivity contribution >= 4 is 27.5 Å². The number of hydrogen-bond acceptors (Lipinski definition) is 5. The lowest BCUT2D eigenvalue weighted by Crippen LogP contribution is -2.38. The zero-order chi connectivity index (χ0) is 27.3. The number of aromatic nitrogens is 1. The lowest BCUT2D eigenvalue weighted by molar-refractivity contribution is -0.120. The molecule has 0 fully saturated rings. The van der Waals surface area contributed by atoms with Crippen LogP contribution in [0.2, 0.25) is 0 Å². The topological polar surface area (TPSA) is 105 Å². The summed E-state index contributed by atoms with van der Waals surface area (Å²) in [6, 6.07) is 10.1. The number of carbonyl (C=O) groups excluding carboxylic acids is 2. The predicted molar refractivity (Wildman–Crippen MR) is 135 cm³/mol. The van der Waals surface area contributed by atoms with Gasteiger partial charge in [-0.2, -0.15) is 5.16 Å². The third kappa shape index (κ3) is 7.19. The number of nitrogens with zero attached hydrogens (tertiary/aromatic N) is 1. The monoisotopic (exact) mass is 539 g/mol. The molecule has 0 bridgehead atoms. The highest BCUT2D eigenvalue weighted by molar-refractivity contribution is 8.32. The van der Waals surface area contributed by atoms with Crippen LogP contribution in [0.1, 0.15) is 28.6 Å². The molecule has 12 heteroatoms. The molecule has 37 heavy (non-hydrogen) atoms. The van der Waals surface area contributed by atoms with Gasteiger partial charge in [0, 0.05) is 24.1 Å². The third-order valence-corrected chi connectivity index (χ3v) is 7.00. The summed E-state index contributed by atoms with van der Waals surface area (Å²) in [4.78, 5) is 39.4. The first-order valence-corrected chi connectivity index (χ1v) is 14.0. The van der Waals surface area contributed by atoms with Crippen molar-refractivity contribution in [2.24, 2.45) is 0 Å². The van der Waals surface area contributed by atoms with Gasteiger partial charge in [-0.15, -0.1) is 0 Å². The van der Waals surface area contributed by atoms with Crippen LogP contribution in [0.3, 0.4) is 0 Å². The largest absolute Gasteiger partial charge is 0.493 e. The fourth-order valence-corrected chi connectivity index (χ4v) is 4.65. The van der Waals surface area contributed by atoms with Gasteiger partial charge in [-0.05, 0) is 54.7 Å². The molecule has 1 atom stereocenters. The number of nitrogens with one attached hydrogen (secondary N) is 2. The molecule has 2 N–H and O–H groups in total. The molecule has 1 heterocycles. The van der Waals surface area contributed by atoms with Crippen molar-refractivity contribution in [1.29, 1.82) is 0 Å². The maximum absolute atomic E-state index is 14.7. The fraction of sp³-hybridized carbons (Fsp3) is 0.320. The van der Waals surface area contributed by atoms with E-state index in [0.717, 1.165) is 11.0 Å². The molecule has 3 aromatic rings. The summed E-state index contributed by atoms with van der Waals surface area (Å²) in [6.45, 7) is -0.191. The molecule has 0 radical (unpaired) electrons. The molecule has 2 aromatic carbocycles. The van der Waals surface area contributed by atoms with Crippen LogP contribution in [0.25, 0.3) is 0 Å². The minimum atomic E-state index is -2.50. The number of halogens is 3. The molecule has 1 unspecified atom stereocenters. The van der Waals surface area contributed by atoms with Crippen LogP contribution >= 0.6 is 10.0 Å². The van der Waals surface area contributed by atoms with Crippen LogP contribution in [0.15, 0.2) is 62.7 Å². The quantitative estimate of drug-likeness (QED) is 0.391. The number of likely N-dealkylation sites (N-methyl/N-ethyl adjacent to an activating group) is 1. The molecule has 0 aliphatic heterocycles. The molecule has 0 aliphatic rings. The highest BCUT2D eigenvalue weighted by Gasteiger charge is 2.31. The van der Waals surface area contributed by atoms with Gasteiger partial charge in [0.25, 0.3) is 17.4 Å². The smallest absolute Gasteiger partial charge is 0.293 e. The Labute approximate surface area is 213 Å². The van der Waals surface area contributed by atoms with Crippen molar-refractivity contribution in [1.82, 2.24) is 10.1 Å². The molecule has 0 aliphatic carbocycles. The number of ether oxygens (including phenoxy) is 1. The Morgan fingerprint density at radius 3 is 2.32 bits per heavy atom.